The van der Waals surface area contributed by atoms with E-state index in [1.54, 1.807) is 48.5 Å². The summed E-state index contributed by atoms with van der Waals surface area (Å²) < 4.78 is 0. The highest BCUT2D eigenvalue weighted by Gasteiger charge is 2.12. The molecule has 4 aromatic rings. The molecule has 0 aliphatic heterocycles. The summed E-state index contributed by atoms with van der Waals surface area (Å²) in [6.07, 6.45) is 0. The van der Waals surface area contributed by atoms with Crippen molar-refractivity contribution in [1.82, 2.24) is 10.6 Å². The summed E-state index contributed by atoms with van der Waals surface area (Å²) in [5.74, 6) is 5.92. The first-order valence-electron chi connectivity index (χ1n) is 11.1. The number of amides is 2. The summed E-state index contributed by atoms with van der Waals surface area (Å²) in [5, 5.41) is 7.87. The number of hydrogen-bond acceptors (Lipinski definition) is 4. The molecule has 0 radical (unpaired) electrons. The van der Waals surface area contributed by atoms with E-state index in [0.717, 1.165) is 11.1 Å². The monoisotopic (exact) mass is 484 g/mol. The summed E-state index contributed by atoms with van der Waals surface area (Å²) in [7, 11) is 0. The number of carbonyl (C=O) groups is 2. The molecule has 0 saturated heterocycles. The van der Waals surface area contributed by atoms with Gasteiger partial charge in [-0.25, -0.2) is 5.84 Å². The number of nitrogens with two attached hydrogens (primary N) is 1. The molecule has 0 heterocycles. The zero-order valence-corrected chi connectivity index (χ0v) is 19.7. The normalized spacial score (nSPS) is 10.5. The highest BCUT2D eigenvalue weighted by molar-refractivity contribution is 6.31. The molecule has 35 heavy (non-hydrogen) atoms. The van der Waals surface area contributed by atoms with Gasteiger partial charge in [0.1, 0.15) is 0 Å². The first-order chi connectivity index (χ1) is 17.0. The topological polar surface area (TPSA) is 87.5 Å². The van der Waals surface area contributed by atoms with E-state index in [0.29, 0.717) is 40.6 Å². The van der Waals surface area contributed by atoms with Gasteiger partial charge in [0, 0.05) is 29.2 Å². The fraction of sp³-hybridized carbons (Fsp3) is 0.0714. The number of rotatable bonds is 8. The number of nitrogens with one attached hydrogen (secondary N) is 2. The highest BCUT2D eigenvalue weighted by Crippen LogP contribution is 2.23. The van der Waals surface area contributed by atoms with Crippen LogP contribution >= 0.6 is 11.6 Å². The number of halogens is 1. The molecule has 0 fully saturated rings. The lowest BCUT2D eigenvalue weighted by Crippen LogP contribution is -2.27. The largest absolute Gasteiger partial charge is 0.348 e. The Hall–Kier alpha value is -4.13. The van der Waals surface area contributed by atoms with Crippen molar-refractivity contribution in [2.24, 2.45) is 5.84 Å². The zero-order valence-electron chi connectivity index (χ0n) is 18.9. The minimum absolute atomic E-state index is 0.186. The van der Waals surface area contributed by atoms with Crippen molar-refractivity contribution >= 4 is 34.8 Å². The van der Waals surface area contributed by atoms with Crippen molar-refractivity contribution in [3.63, 3.8) is 0 Å². The summed E-state index contributed by atoms with van der Waals surface area (Å²) in [6.45, 7) is 0.776. The van der Waals surface area contributed by atoms with Crippen LogP contribution in [0.1, 0.15) is 31.8 Å². The second-order valence-electron chi connectivity index (χ2n) is 7.91. The molecule has 0 aliphatic carbocycles. The molecule has 4 aromatic carbocycles. The van der Waals surface area contributed by atoms with Crippen LogP contribution in [0.25, 0.3) is 0 Å². The van der Waals surface area contributed by atoms with Gasteiger partial charge in [0.05, 0.1) is 11.4 Å². The predicted octanol–water partition coefficient (Wildman–Crippen LogP) is 5.21. The van der Waals surface area contributed by atoms with E-state index < -0.39 is 0 Å². The lowest BCUT2D eigenvalue weighted by Gasteiger charge is -2.20. The Balaban J connectivity index is 1.38. The third-order valence-corrected chi connectivity index (χ3v) is 5.86. The Morgan fingerprint density at radius 1 is 0.686 bits per heavy atom. The Morgan fingerprint density at radius 3 is 2.09 bits per heavy atom. The molecule has 0 bridgehead atoms. The van der Waals surface area contributed by atoms with Crippen LogP contribution in [0.15, 0.2) is 103 Å². The van der Waals surface area contributed by atoms with E-state index in [4.69, 9.17) is 17.4 Å². The van der Waals surface area contributed by atoms with Gasteiger partial charge in [-0.3, -0.25) is 14.6 Å². The van der Waals surface area contributed by atoms with E-state index in [9.17, 15) is 9.59 Å². The molecule has 0 saturated carbocycles. The average molecular weight is 485 g/mol. The molecular weight excluding hydrogens is 460 g/mol. The summed E-state index contributed by atoms with van der Waals surface area (Å²) in [4.78, 5) is 25.1. The van der Waals surface area contributed by atoms with Gasteiger partial charge in [-0.2, -0.15) is 0 Å². The fourth-order valence-electron chi connectivity index (χ4n) is 3.52. The molecule has 0 aromatic heterocycles. The maximum absolute atomic E-state index is 12.6. The van der Waals surface area contributed by atoms with Crippen LogP contribution in [-0.2, 0) is 13.1 Å². The van der Waals surface area contributed by atoms with E-state index >= 15 is 0 Å². The van der Waals surface area contributed by atoms with Crippen molar-refractivity contribution in [2.75, 3.05) is 5.01 Å². The SMILES string of the molecule is NN(c1ccc(C(=O)NCc2ccccc2Cl)cc1)c1cccc(C(=O)NCc2ccccc2)c1. The van der Waals surface area contributed by atoms with Crippen molar-refractivity contribution < 1.29 is 9.59 Å². The number of benzene rings is 4. The van der Waals surface area contributed by atoms with Crippen LogP contribution in [0.5, 0.6) is 0 Å². The molecule has 0 atom stereocenters. The van der Waals surface area contributed by atoms with Crippen molar-refractivity contribution in [1.29, 1.82) is 0 Å². The van der Waals surface area contributed by atoms with Gasteiger partial charge in [-0.15, -0.1) is 0 Å². The molecule has 7 heteroatoms. The van der Waals surface area contributed by atoms with Gasteiger partial charge in [-0.05, 0) is 59.7 Å². The van der Waals surface area contributed by atoms with Crippen LogP contribution in [-0.4, -0.2) is 11.8 Å². The van der Waals surface area contributed by atoms with Gasteiger partial charge in [0.25, 0.3) is 11.8 Å². The van der Waals surface area contributed by atoms with Crippen molar-refractivity contribution in [3.8, 4) is 0 Å². The Morgan fingerprint density at radius 2 is 1.34 bits per heavy atom. The van der Waals surface area contributed by atoms with Gasteiger partial charge in [-0.1, -0.05) is 66.2 Å². The Kier molecular flexibility index (Phi) is 7.77. The second kappa shape index (κ2) is 11.3. The Labute approximate surface area is 209 Å². The molecule has 6 nitrogen and oxygen atoms in total. The number of anilines is 2. The maximum Gasteiger partial charge on any atom is 0.251 e. The van der Waals surface area contributed by atoms with Gasteiger partial charge < -0.3 is 10.6 Å². The minimum Gasteiger partial charge on any atom is -0.348 e. The second-order valence-corrected chi connectivity index (χ2v) is 8.32. The first-order valence-corrected chi connectivity index (χ1v) is 11.5. The molecule has 4 rings (SSSR count). The molecular formula is C28H25ClN4O2. The number of hydrogen-bond donors (Lipinski definition) is 3. The molecule has 0 spiro atoms. The molecule has 0 aliphatic rings. The summed E-state index contributed by atoms with van der Waals surface area (Å²) in [5.41, 5.74) is 4.20. The van der Waals surface area contributed by atoms with Crippen LogP contribution in [0.4, 0.5) is 11.4 Å². The van der Waals surface area contributed by atoms with Crippen LogP contribution in [0.3, 0.4) is 0 Å². The average Bonchev–Trinajstić information content (AvgIpc) is 2.91. The maximum atomic E-state index is 12.6. The lowest BCUT2D eigenvalue weighted by atomic mass is 10.1. The van der Waals surface area contributed by atoms with E-state index in [1.807, 2.05) is 54.6 Å². The minimum atomic E-state index is -0.211. The van der Waals surface area contributed by atoms with Crippen molar-refractivity contribution in [3.05, 3.63) is 130 Å². The third-order valence-electron chi connectivity index (χ3n) is 5.49. The first kappa shape index (κ1) is 24.0. The van der Waals surface area contributed by atoms with E-state index in [-0.39, 0.29) is 11.8 Å². The summed E-state index contributed by atoms with van der Waals surface area (Å²) in [6, 6.07) is 31.1. The third kappa shape index (κ3) is 6.26. The number of hydrazine groups is 1. The van der Waals surface area contributed by atoms with Crippen LogP contribution < -0.4 is 21.5 Å². The number of nitrogens with zero attached hydrogens (tertiary/aromatic N) is 1. The number of carbonyl (C=O) groups excluding carboxylic acids is 2. The van der Waals surface area contributed by atoms with Crippen molar-refractivity contribution in [2.45, 2.75) is 13.1 Å². The smallest absolute Gasteiger partial charge is 0.251 e. The van der Waals surface area contributed by atoms with Gasteiger partial charge in [0.2, 0.25) is 0 Å². The van der Waals surface area contributed by atoms with Gasteiger partial charge >= 0.3 is 0 Å². The summed E-state index contributed by atoms with van der Waals surface area (Å²) >= 11 is 6.15. The fourth-order valence-corrected chi connectivity index (χ4v) is 3.72. The zero-order chi connectivity index (χ0) is 24.6. The van der Waals surface area contributed by atoms with Gasteiger partial charge in [0.15, 0.2) is 0 Å². The molecule has 4 N–H and O–H groups in total. The molecule has 2 amide bonds. The standard InChI is InChI=1S/C28H25ClN4O2/c29-26-12-5-4-9-23(26)19-32-27(34)21-13-15-24(16-14-21)33(30)25-11-6-10-22(17-25)28(35)31-18-20-7-2-1-3-8-20/h1-17H,18-19,30H2,(H,31,35)(H,32,34). The Bertz CT molecular complexity index is 1310. The van der Waals surface area contributed by atoms with Crippen LogP contribution in [0.2, 0.25) is 5.02 Å². The van der Waals surface area contributed by atoms with E-state index in [2.05, 4.69) is 10.6 Å². The lowest BCUT2D eigenvalue weighted by molar-refractivity contribution is 0.0943. The van der Waals surface area contributed by atoms with E-state index in [1.165, 1.54) is 5.01 Å². The van der Waals surface area contributed by atoms with Crippen LogP contribution in [0, 0.1) is 0 Å². The predicted molar refractivity (Wildman–Crippen MR) is 139 cm³/mol. The highest BCUT2D eigenvalue weighted by atomic mass is 35.5. The molecule has 0 unspecified atom stereocenters. The molecule has 176 valence electrons. The quantitative estimate of drug-likeness (QED) is 0.236.